The molecule has 2 N–H and O–H groups in total. The molecule has 32 heavy (non-hydrogen) atoms. The Morgan fingerprint density at radius 2 is 1.06 bits per heavy atom. The Balaban J connectivity index is 4.07. The molecule has 0 aromatic carbocycles. The summed E-state index contributed by atoms with van der Waals surface area (Å²) < 4.78 is 5.41. The first-order valence-electron chi connectivity index (χ1n) is 12.3. The van der Waals surface area contributed by atoms with Crippen LogP contribution in [0, 0.1) is 0 Å². The number of rotatable bonds is 23. The number of hydrogen-bond donors (Lipinski definition) is 2. The fourth-order valence-corrected chi connectivity index (χ4v) is 3.52. The molecule has 0 rings (SSSR count). The molecule has 0 fully saturated rings. The standard InChI is InChI=1S/C24H46N2O6/c1-25(2)17-13-16-24(31)32-21-20-26(18-11-7-3-5-9-14-22(27)28)19-12-8-4-6-10-15-23(29)30/h3-21H2,1-2H3,(H,27,28)(H,29,30). The number of carboxylic acid groups (broad SMARTS) is 2. The van der Waals surface area contributed by atoms with Crippen LogP contribution in [0.25, 0.3) is 0 Å². The number of carbonyl (C=O) groups excluding carboxylic acids is 1. The van der Waals surface area contributed by atoms with Gasteiger partial charge in [-0.05, 0) is 65.8 Å². The third-order valence-electron chi connectivity index (χ3n) is 5.39. The van der Waals surface area contributed by atoms with Crippen LogP contribution in [0.2, 0.25) is 0 Å². The van der Waals surface area contributed by atoms with Gasteiger partial charge in [-0.25, -0.2) is 0 Å². The quantitative estimate of drug-likeness (QED) is 0.175. The van der Waals surface area contributed by atoms with Crippen molar-refractivity contribution in [2.45, 2.75) is 89.9 Å². The van der Waals surface area contributed by atoms with E-state index in [1.54, 1.807) is 0 Å². The largest absolute Gasteiger partial charge is 0.481 e. The Bertz CT molecular complexity index is 471. The molecule has 8 nitrogen and oxygen atoms in total. The zero-order valence-electron chi connectivity index (χ0n) is 20.4. The molecular weight excluding hydrogens is 412 g/mol. The minimum atomic E-state index is -0.726. The molecule has 0 saturated carbocycles. The van der Waals surface area contributed by atoms with Gasteiger partial charge in [-0.2, -0.15) is 0 Å². The number of carboxylic acids is 2. The normalized spacial score (nSPS) is 11.2. The summed E-state index contributed by atoms with van der Waals surface area (Å²) in [5.74, 6) is -1.59. The molecule has 0 unspecified atom stereocenters. The first kappa shape index (κ1) is 30.3. The van der Waals surface area contributed by atoms with Crippen LogP contribution >= 0.6 is 0 Å². The van der Waals surface area contributed by atoms with Gasteiger partial charge < -0.3 is 19.8 Å². The van der Waals surface area contributed by atoms with Crippen LogP contribution in [0.4, 0.5) is 0 Å². The van der Waals surface area contributed by atoms with Crippen LogP contribution in [0.3, 0.4) is 0 Å². The van der Waals surface area contributed by atoms with Gasteiger partial charge in [0.05, 0.1) is 0 Å². The lowest BCUT2D eigenvalue weighted by Gasteiger charge is -2.22. The Kier molecular flexibility index (Phi) is 20.1. The Morgan fingerprint density at radius 1 is 0.594 bits per heavy atom. The number of esters is 1. The number of nitrogens with zero attached hydrogens (tertiary/aromatic N) is 2. The summed E-state index contributed by atoms with van der Waals surface area (Å²) in [5.41, 5.74) is 0. The third kappa shape index (κ3) is 23.0. The highest BCUT2D eigenvalue weighted by Crippen LogP contribution is 2.09. The summed E-state index contributed by atoms with van der Waals surface area (Å²) in [6, 6.07) is 0. The molecular formula is C24H46N2O6. The molecule has 8 heteroatoms. The lowest BCUT2D eigenvalue weighted by molar-refractivity contribution is -0.144. The Morgan fingerprint density at radius 3 is 1.53 bits per heavy atom. The summed E-state index contributed by atoms with van der Waals surface area (Å²) in [6.07, 6.45) is 11.5. The molecule has 0 aromatic rings. The molecule has 0 saturated heterocycles. The molecule has 0 aliphatic heterocycles. The number of carbonyl (C=O) groups is 3. The number of hydrogen-bond acceptors (Lipinski definition) is 6. The van der Waals surface area contributed by atoms with Crippen molar-refractivity contribution in [3.05, 3.63) is 0 Å². The van der Waals surface area contributed by atoms with Gasteiger partial charge >= 0.3 is 17.9 Å². The smallest absolute Gasteiger partial charge is 0.305 e. The molecule has 0 atom stereocenters. The van der Waals surface area contributed by atoms with Crippen LogP contribution in [0.5, 0.6) is 0 Å². The van der Waals surface area contributed by atoms with Gasteiger partial charge in [-0.3, -0.25) is 19.3 Å². The summed E-state index contributed by atoms with van der Waals surface area (Å²) in [5, 5.41) is 17.4. The zero-order valence-corrected chi connectivity index (χ0v) is 20.4. The summed E-state index contributed by atoms with van der Waals surface area (Å²) in [6.45, 7) is 3.93. The van der Waals surface area contributed by atoms with E-state index in [1.165, 1.54) is 0 Å². The molecule has 0 aromatic heterocycles. The van der Waals surface area contributed by atoms with Crippen molar-refractivity contribution >= 4 is 17.9 Å². The second-order valence-corrected chi connectivity index (χ2v) is 8.79. The van der Waals surface area contributed by atoms with Gasteiger partial charge in [-0.1, -0.05) is 38.5 Å². The summed E-state index contributed by atoms with van der Waals surface area (Å²) >= 11 is 0. The van der Waals surface area contributed by atoms with Gasteiger partial charge in [-0.15, -0.1) is 0 Å². The van der Waals surface area contributed by atoms with Gasteiger partial charge in [0, 0.05) is 25.8 Å². The minimum absolute atomic E-state index is 0.135. The predicted octanol–water partition coefficient (Wildman–Crippen LogP) is 4.02. The molecule has 0 spiro atoms. The lowest BCUT2D eigenvalue weighted by Crippen LogP contribution is -2.30. The molecule has 0 radical (unpaired) electrons. The van der Waals surface area contributed by atoms with Crippen LogP contribution in [0.1, 0.15) is 89.9 Å². The summed E-state index contributed by atoms with van der Waals surface area (Å²) in [4.78, 5) is 37.4. The number of aliphatic carboxylic acids is 2. The second kappa shape index (κ2) is 21.2. The lowest BCUT2D eigenvalue weighted by atomic mass is 10.1. The van der Waals surface area contributed by atoms with Crippen LogP contribution in [0.15, 0.2) is 0 Å². The average molecular weight is 459 g/mol. The maximum Gasteiger partial charge on any atom is 0.305 e. The van der Waals surface area contributed by atoms with E-state index in [9.17, 15) is 14.4 Å². The van der Waals surface area contributed by atoms with Gasteiger partial charge in [0.25, 0.3) is 0 Å². The van der Waals surface area contributed by atoms with Crippen molar-refractivity contribution in [3.8, 4) is 0 Å². The van der Waals surface area contributed by atoms with E-state index >= 15 is 0 Å². The highest BCUT2D eigenvalue weighted by atomic mass is 16.5. The van der Waals surface area contributed by atoms with E-state index < -0.39 is 11.9 Å². The van der Waals surface area contributed by atoms with E-state index in [-0.39, 0.29) is 18.8 Å². The Labute approximate surface area is 194 Å². The maximum atomic E-state index is 11.9. The molecule has 0 aliphatic rings. The van der Waals surface area contributed by atoms with Crippen LogP contribution in [-0.4, -0.2) is 84.8 Å². The first-order chi connectivity index (χ1) is 15.3. The van der Waals surface area contributed by atoms with E-state index in [4.69, 9.17) is 14.9 Å². The highest BCUT2D eigenvalue weighted by Gasteiger charge is 2.08. The van der Waals surface area contributed by atoms with Crippen LogP contribution < -0.4 is 0 Å². The van der Waals surface area contributed by atoms with Gasteiger partial charge in [0.2, 0.25) is 0 Å². The fraction of sp³-hybridized carbons (Fsp3) is 0.875. The number of unbranched alkanes of at least 4 members (excludes halogenated alkanes) is 8. The maximum absolute atomic E-state index is 11.9. The Hall–Kier alpha value is -1.67. The third-order valence-corrected chi connectivity index (χ3v) is 5.39. The second-order valence-electron chi connectivity index (χ2n) is 8.79. The van der Waals surface area contributed by atoms with Crippen molar-refractivity contribution in [2.75, 3.05) is 46.9 Å². The van der Waals surface area contributed by atoms with E-state index in [0.29, 0.717) is 13.0 Å². The van der Waals surface area contributed by atoms with Crippen molar-refractivity contribution in [1.82, 2.24) is 9.80 Å². The summed E-state index contributed by atoms with van der Waals surface area (Å²) in [7, 11) is 3.98. The van der Waals surface area contributed by atoms with E-state index in [2.05, 4.69) is 9.80 Å². The SMILES string of the molecule is CN(C)CCCC(=O)OCCN(CCCCCCCC(=O)O)CCCCCCCC(=O)O. The fourth-order valence-electron chi connectivity index (χ4n) is 3.52. The molecule has 188 valence electrons. The van der Waals surface area contributed by atoms with Gasteiger partial charge in [0.15, 0.2) is 0 Å². The van der Waals surface area contributed by atoms with Crippen molar-refractivity contribution in [3.63, 3.8) is 0 Å². The molecule has 0 heterocycles. The molecule has 0 aliphatic carbocycles. The first-order valence-corrected chi connectivity index (χ1v) is 12.3. The molecule has 0 amide bonds. The highest BCUT2D eigenvalue weighted by molar-refractivity contribution is 5.69. The van der Waals surface area contributed by atoms with Crippen molar-refractivity contribution < 1.29 is 29.3 Å². The molecule has 0 bridgehead atoms. The van der Waals surface area contributed by atoms with Crippen LogP contribution in [-0.2, 0) is 19.1 Å². The van der Waals surface area contributed by atoms with Crippen molar-refractivity contribution in [2.24, 2.45) is 0 Å². The monoisotopic (exact) mass is 458 g/mol. The topological polar surface area (TPSA) is 107 Å². The van der Waals surface area contributed by atoms with Crippen molar-refractivity contribution in [1.29, 1.82) is 0 Å². The predicted molar refractivity (Wildman–Crippen MR) is 126 cm³/mol. The minimum Gasteiger partial charge on any atom is -0.481 e. The van der Waals surface area contributed by atoms with Gasteiger partial charge in [0.1, 0.15) is 6.61 Å². The number of ether oxygens (including phenoxy) is 1. The van der Waals surface area contributed by atoms with E-state index in [0.717, 1.165) is 96.8 Å². The zero-order chi connectivity index (χ0) is 24.0. The van der Waals surface area contributed by atoms with E-state index in [1.807, 2.05) is 14.1 Å². The average Bonchev–Trinajstić information content (AvgIpc) is 2.71.